The maximum atomic E-state index is 12.3. The van der Waals surface area contributed by atoms with Crippen LogP contribution in [0.4, 0.5) is 17.2 Å². The van der Waals surface area contributed by atoms with Crippen LogP contribution in [0.5, 0.6) is 0 Å². The lowest BCUT2D eigenvalue weighted by Crippen LogP contribution is -2.22. The molecule has 2 heterocycles. The lowest BCUT2D eigenvalue weighted by molar-refractivity contribution is -0.116. The lowest BCUT2D eigenvalue weighted by Gasteiger charge is -2.18. The number of fused-ring (bicyclic) bond motifs is 1. The van der Waals surface area contributed by atoms with E-state index < -0.39 is 0 Å². The van der Waals surface area contributed by atoms with E-state index in [1.165, 1.54) is 0 Å². The number of benzene rings is 1. The normalized spacial score (nSPS) is 13.6. The molecule has 1 N–H and O–H groups in total. The standard InChI is InChI=1S/C15H14BrN3O/c1-9-5-11(16)8-18-15(9)19-13-4-3-12(17-2)6-10(13)7-14(19)20/h3-6,8,17H,7H2,1-2H3. The van der Waals surface area contributed by atoms with Crippen molar-refractivity contribution in [3.8, 4) is 0 Å². The van der Waals surface area contributed by atoms with Crippen LogP contribution in [0.25, 0.3) is 0 Å². The number of rotatable bonds is 2. The molecule has 0 bridgehead atoms. The van der Waals surface area contributed by atoms with Gasteiger partial charge in [-0.15, -0.1) is 0 Å². The van der Waals surface area contributed by atoms with Gasteiger partial charge in [-0.1, -0.05) is 0 Å². The molecule has 1 aromatic carbocycles. The first-order valence-electron chi connectivity index (χ1n) is 6.36. The van der Waals surface area contributed by atoms with Crippen molar-refractivity contribution < 1.29 is 4.79 Å². The third kappa shape index (κ3) is 2.08. The number of nitrogens with zero attached hydrogens (tertiary/aromatic N) is 2. The van der Waals surface area contributed by atoms with Gasteiger partial charge in [-0.2, -0.15) is 0 Å². The summed E-state index contributed by atoms with van der Waals surface area (Å²) < 4.78 is 0.913. The molecule has 0 saturated heterocycles. The van der Waals surface area contributed by atoms with Gasteiger partial charge < -0.3 is 5.32 Å². The highest BCUT2D eigenvalue weighted by molar-refractivity contribution is 9.10. The zero-order chi connectivity index (χ0) is 14.3. The fraction of sp³-hybridized carbons (Fsp3) is 0.200. The number of carbonyl (C=O) groups is 1. The molecule has 2 aromatic rings. The van der Waals surface area contributed by atoms with Gasteiger partial charge in [-0.05, 0) is 58.2 Å². The fourth-order valence-corrected chi connectivity index (χ4v) is 2.92. The quantitative estimate of drug-likeness (QED) is 0.917. The Hall–Kier alpha value is -1.88. The molecular formula is C15H14BrN3O. The van der Waals surface area contributed by atoms with Gasteiger partial charge in [0.1, 0.15) is 5.82 Å². The molecule has 0 spiro atoms. The number of pyridine rings is 1. The average molecular weight is 332 g/mol. The summed E-state index contributed by atoms with van der Waals surface area (Å²) in [5.74, 6) is 0.764. The maximum absolute atomic E-state index is 12.3. The van der Waals surface area contributed by atoms with Gasteiger partial charge in [0.2, 0.25) is 5.91 Å². The smallest absolute Gasteiger partial charge is 0.237 e. The Morgan fingerprint density at radius 1 is 1.35 bits per heavy atom. The van der Waals surface area contributed by atoms with Crippen LogP contribution in [-0.4, -0.2) is 17.9 Å². The van der Waals surface area contributed by atoms with Crippen molar-refractivity contribution in [3.63, 3.8) is 0 Å². The number of aryl methyl sites for hydroxylation is 1. The molecule has 0 aliphatic carbocycles. The van der Waals surface area contributed by atoms with E-state index in [4.69, 9.17) is 0 Å². The molecule has 0 unspecified atom stereocenters. The molecule has 1 aromatic heterocycles. The molecule has 102 valence electrons. The second-order valence-corrected chi connectivity index (χ2v) is 5.71. The number of nitrogens with one attached hydrogen (secondary N) is 1. The van der Waals surface area contributed by atoms with Crippen LogP contribution >= 0.6 is 15.9 Å². The first kappa shape index (κ1) is 13.1. The van der Waals surface area contributed by atoms with Gasteiger partial charge >= 0.3 is 0 Å². The minimum absolute atomic E-state index is 0.0613. The minimum Gasteiger partial charge on any atom is -0.388 e. The van der Waals surface area contributed by atoms with E-state index in [0.29, 0.717) is 12.2 Å². The van der Waals surface area contributed by atoms with E-state index in [0.717, 1.165) is 27.0 Å². The number of halogens is 1. The Labute approximate surface area is 126 Å². The molecule has 0 fully saturated rings. The number of anilines is 3. The third-order valence-corrected chi connectivity index (χ3v) is 3.86. The first-order chi connectivity index (χ1) is 9.60. The highest BCUT2D eigenvalue weighted by atomic mass is 79.9. The molecule has 4 nitrogen and oxygen atoms in total. The molecule has 0 radical (unpaired) electrons. The molecule has 1 amide bonds. The summed E-state index contributed by atoms with van der Waals surface area (Å²) in [6.45, 7) is 1.96. The average Bonchev–Trinajstić information content (AvgIpc) is 2.74. The van der Waals surface area contributed by atoms with Gasteiger partial charge in [0, 0.05) is 23.4 Å². The van der Waals surface area contributed by atoms with E-state index >= 15 is 0 Å². The second-order valence-electron chi connectivity index (χ2n) is 4.79. The summed E-state index contributed by atoms with van der Waals surface area (Å²) in [6, 6.07) is 7.92. The van der Waals surface area contributed by atoms with Crippen LogP contribution in [0.1, 0.15) is 11.1 Å². The second kappa shape index (κ2) is 4.90. The Morgan fingerprint density at radius 2 is 2.15 bits per heavy atom. The number of aromatic nitrogens is 1. The predicted octanol–water partition coefficient (Wildman–Crippen LogP) is 3.42. The van der Waals surface area contributed by atoms with Crippen molar-refractivity contribution >= 4 is 39.0 Å². The zero-order valence-corrected chi connectivity index (χ0v) is 12.9. The van der Waals surface area contributed by atoms with Gasteiger partial charge in [-0.25, -0.2) is 4.98 Å². The Morgan fingerprint density at radius 3 is 2.85 bits per heavy atom. The van der Waals surface area contributed by atoms with Crippen LogP contribution in [-0.2, 0) is 11.2 Å². The summed E-state index contributed by atoms with van der Waals surface area (Å²) in [6.07, 6.45) is 2.14. The Bertz CT molecular complexity index is 700. The summed E-state index contributed by atoms with van der Waals surface area (Å²) in [5.41, 5.74) is 3.94. The van der Waals surface area contributed by atoms with Crippen LogP contribution in [0.3, 0.4) is 0 Å². The molecule has 3 rings (SSSR count). The molecular weight excluding hydrogens is 318 g/mol. The topological polar surface area (TPSA) is 45.2 Å². The van der Waals surface area contributed by atoms with Gasteiger partial charge in [0.05, 0.1) is 12.1 Å². The molecule has 1 aliphatic heterocycles. The summed E-state index contributed by atoms with van der Waals surface area (Å²) >= 11 is 3.40. The van der Waals surface area contributed by atoms with Crippen molar-refractivity contribution in [3.05, 3.63) is 46.1 Å². The Kier molecular flexibility index (Phi) is 3.22. The van der Waals surface area contributed by atoms with Crippen molar-refractivity contribution in [1.29, 1.82) is 0 Å². The number of hydrogen-bond acceptors (Lipinski definition) is 3. The SMILES string of the molecule is CNc1ccc2c(c1)CC(=O)N2c1ncc(Br)cc1C. The highest BCUT2D eigenvalue weighted by Crippen LogP contribution is 2.37. The molecule has 1 aliphatic rings. The predicted molar refractivity (Wildman–Crippen MR) is 83.5 cm³/mol. The van der Waals surface area contributed by atoms with Crippen molar-refractivity contribution in [2.24, 2.45) is 0 Å². The van der Waals surface area contributed by atoms with Crippen molar-refractivity contribution in [2.45, 2.75) is 13.3 Å². The van der Waals surface area contributed by atoms with Crippen LogP contribution < -0.4 is 10.2 Å². The number of amides is 1. The molecule has 0 atom stereocenters. The minimum atomic E-state index is 0.0613. The highest BCUT2D eigenvalue weighted by Gasteiger charge is 2.30. The lowest BCUT2D eigenvalue weighted by atomic mass is 10.1. The van der Waals surface area contributed by atoms with Gasteiger partial charge in [0.15, 0.2) is 0 Å². The van der Waals surface area contributed by atoms with E-state index in [1.54, 1.807) is 11.1 Å². The van der Waals surface area contributed by atoms with Crippen LogP contribution in [0.2, 0.25) is 0 Å². The number of carbonyl (C=O) groups excluding carboxylic acids is 1. The van der Waals surface area contributed by atoms with Crippen LogP contribution in [0.15, 0.2) is 34.9 Å². The van der Waals surface area contributed by atoms with Crippen LogP contribution in [0, 0.1) is 6.92 Å². The van der Waals surface area contributed by atoms with Crippen molar-refractivity contribution in [2.75, 3.05) is 17.3 Å². The van der Waals surface area contributed by atoms with E-state index in [9.17, 15) is 4.79 Å². The van der Waals surface area contributed by atoms with Crippen molar-refractivity contribution in [1.82, 2.24) is 4.98 Å². The third-order valence-electron chi connectivity index (χ3n) is 3.43. The molecule has 5 heteroatoms. The fourth-order valence-electron chi connectivity index (χ4n) is 2.48. The first-order valence-corrected chi connectivity index (χ1v) is 7.15. The summed E-state index contributed by atoms with van der Waals surface area (Å²) in [7, 11) is 1.87. The van der Waals surface area contributed by atoms with E-state index in [1.807, 2.05) is 38.2 Å². The maximum Gasteiger partial charge on any atom is 0.237 e. The largest absolute Gasteiger partial charge is 0.388 e. The molecule has 0 saturated carbocycles. The zero-order valence-electron chi connectivity index (χ0n) is 11.3. The van der Waals surface area contributed by atoms with E-state index in [2.05, 4.69) is 26.2 Å². The summed E-state index contributed by atoms with van der Waals surface area (Å²) in [4.78, 5) is 18.4. The monoisotopic (exact) mass is 331 g/mol. The van der Waals surface area contributed by atoms with Gasteiger partial charge in [-0.3, -0.25) is 9.69 Å². The van der Waals surface area contributed by atoms with Gasteiger partial charge in [0.25, 0.3) is 0 Å². The Balaban J connectivity index is 2.10. The molecule has 20 heavy (non-hydrogen) atoms. The summed E-state index contributed by atoms with van der Waals surface area (Å²) in [5, 5.41) is 3.09. The number of hydrogen-bond donors (Lipinski definition) is 1. The van der Waals surface area contributed by atoms with E-state index in [-0.39, 0.29) is 5.91 Å².